The van der Waals surface area contributed by atoms with Crippen molar-refractivity contribution >= 4 is 17.4 Å². The van der Waals surface area contributed by atoms with E-state index in [2.05, 4.69) is 22.9 Å². The summed E-state index contributed by atoms with van der Waals surface area (Å²) in [5.74, 6) is 0.785. The Hall–Kier alpha value is -2.57. The van der Waals surface area contributed by atoms with E-state index >= 15 is 0 Å². The van der Waals surface area contributed by atoms with Gasteiger partial charge in [0, 0.05) is 36.7 Å². The molecule has 0 radical (unpaired) electrons. The van der Waals surface area contributed by atoms with Crippen LogP contribution in [0.3, 0.4) is 0 Å². The van der Waals surface area contributed by atoms with Crippen molar-refractivity contribution in [3.8, 4) is 11.3 Å². The fraction of sp³-hybridized carbons (Fsp3) is 0.462. The molecule has 0 bridgehead atoms. The zero-order chi connectivity index (χ0) is 23.3. The first-order valence-electron chi connectivity index (χ1n) is 11.6. The van der Waals surface area contributed by atoms with Crippen LogP contribution in [0.1, 0.15) is 59.8 Å². The zero-order valence-electron chi connectivity index (χ0n) is 19.7. The van der Waals surface area contributed by atoms with E-state index < -0.39 is 6.10 Å². The van der Waals surface area contributed by atoms with Gasteiger partial charge >= 0.3 is 0 Å². The summed E-state index contributed by atoms with van der Waals surface area (Å²) in [5, 5.41) is 11.2. The Morgan fingerprint density at radius 3 is 2.55 bits per heavy atom. The molecule has 0 amide bonds. The molecule has 33 heavy (non-hydrogen) atoms. The Kier molecular flexibility index (Phi) is 5.61. The van der Waals surface area contributed by atoms with E-state index in [1.54, 1.807) is 13.1 Å². The minimum absolute atomic E-state index is 0.287. The minimum Gasteiger partial charge on any atom is -0.387 e. The third kappa shape index (κ3) is 4.00. The molecule has 1 N–H and O–H groups in total. The molecule has 0 aromatic carbocycles. The van der Waals surface area contributed by atoms with E-state index in [0.717, 1.165) is 61.5 Å². The van der Waals surface area contributed by atoms with E-state index in [4.69, 9.17) is 26.6 Å². The second-order valence-electron chi connectivity index (χ2n) is 9.76. The van der Waals surface area contributed by atoms with E-state index in [0.29, 0.717) is 16.4 Å². The van der Waals surface area contributed by atoms with Gasteiger partial charge in [-0.3, -0.25) is 9.97 Å². The average molecular weight is 464 g/mol. The van der Waals surface area contributed by atoms with E-state index in [1.807, 2.05) is 26.1 Å². The number of hydrogen-bond acceptors (Lipinski definition) is 6. The summed E-state index contributed by atoms with van der Waals surface area (Å²) >= 11 is 6.53. The maximum atomic E-state index is 10.6. The van der Waals surface area contributed by atoms with Gasteiger partial charge in [0.15, 0.2) is 5.82 Å². The van der Waals surface area contributed by atoms with Gasteiger partial charge in [-0.15, -0.1) is 0 Å². The highest BCUT2D eigenvalue weighted by Crippen LogP contribution is 2.45. The highest BCUT2D eigenvalue weighted by atomic mass is 35.5. The molecule has 4 heterocycles. The van der Waals surface area contributed by atoms with E-state index in [1.165, 1.54) is 16.8 Å². The number of halogens is 1. The quantitative estimate of drug-likeness (QED) is 0.592. The van der Waals surface area contributed by atoms with Gasteiger partial charge in [0.2, 0.25) is 0 Å². The molecule has 7 heteroatoms. The first kappa shape index (κ1) is 22.2. The number of anilines is 1. The predicted octanol–water partition coefficient (Wildman–Crippen LogP) is 4.95. The van der Waals surface area contributed by atoms with Crippen LogP contribution in [0.5, 0.6) is 0 Å². The SMILES string of the molecule is Cc1cnc2c(c1)CC1(CCN(c3nc(C)c(-c4ccnc(C)c4Cl)nc3C(C)O)CC1)C2. The summed E-state index contributed by atoms with van der Waals surface area (Å²) in [6.45, 7) is 9.49. The van der Waals surface area contributed by atoms with Crippen LogP contribution < -0.4 is 4.90 Å². The van der Waals surface area contributed by atoms with Gasteiger partial charge < -0.3 is 10.0 Å². The zero-order valence-corrected chi connectivity index (χ0v) is 20.4. The predicted molar refractivity (Wildman–Crippen MR) is 131 cm³/mol. The molecule has 3 aromatic heterocycles. The van der Waals surface area contributed by atoms with Crippen molar-refractivity contribution in [2.75, 3.05) is 18.0 Å². The number of piperidine rings is 1. The lowest BCUT2D eigenvalue weighted by molar-refractivity contribution is 0.193. The topological polar surface area (TPSA) is 75.0 Å². The molecule has 1 fully saturated rings. The van der Waals surface area contributed by atoms with Crippen molar-refractivity contribution in [1.29, 1.82) is 0 Å². The smallest absolute Gasteiger partial charge is 0.153 e. The van der Waals surface area contributed by atoms with Crippen LogP contribution >= 0.6 is 11.6 Å². The van der Waals surface area contributed by atoms with Crippen molar-refractivity contribution in [3.63, 3.8) is 0 Å². The Morgan fingerprint density at radius 2 is 1.82 bits per heavy atom. The van der Waals surface area contributed by atoms with Crippen LogP contribution in [0.25, 0.3) is 11.3 Å². The van der Waals surface area contributed by atoms with Crippen LogP contribution in [0.2, 0.25) is 5.02 Å². The summed E-state index contributed by atoms with van der Waals surface area (Å²) in [5.41, 5.74) is 7.86. The van der Waals surface area contributed by atoms with Crippen LogP contribution in [0.15, 0.2) is 24.5 Å². The molecular formula is C26H30ClN5O. The van der Waals surface area contributed by atoms with Gasteiger partial charge in [-0.2, -0.15) is 0 Å². The van der Waals surface area contributed by atoms with Crippen LogP contribution in [0, 0.1) is 26.2 Å². The molecule has 1 aliphatic heterocycles. The summed E-state index contributed by atoms with van der Waals surface area (Å²) in [4.78, 5) is 21.1. The van der Waals surface area contributed by atoms with Gasteiger partial charge in [0.25, 0.3) is 0 Å². The van der Waals surface area contributed by atoms with Crippen molar-refractivity contribution in [1.82, 2.24) is 19.9 Å². The second-order valence-corrected chi connectivity index (χ2v) is 10.1. The third-order valence-corrected chi connectivity index (χ3v) is 7.70. The van der Waals surface area contributed by atoms with Crippen molar-refractivity contribution in [3.05, 3.63) is 63.5 Å². The fourth-order valence-corrected chi connectivity index (χ4v) is 5.56. The number of nitrogens with zero attached hydrogens (tertiary/aromatic N) is 5. The Morgan fingerprint density at radius 1 is 1.06 bits per heavy atom. The molecule has 172 valence electrons. The van der Waals surface area contributed by atoms with Crippen LogP contribution in [0.4, 0.5) is 5.82 Å². The average Bonchev–Trinajstić information content (AvgIpc) is 3.12. The number of aromatic nitrogens is 4. The summed E-state index contributed by atoms with van der Waals surface area (Å²) in [6.07, 6.45) is 7.32. The highest BCUT2D eigenvalue weighted by Gasteiger charge is 2.41. The van der Waals surface area contributed by atoms with Gasteiger partial charge in [-0.1, -0.05) is 17.7 Å². The molecule has 1 spiro atoms. The van der Waals surface area contributed by atoms with Crippen molar-refractivity contribution in [2.24, 2.45) is 5.41 Å². The molecule has 1 unspecified atom stereocenters. The number of fused-ring (bicyclic) bond motifs is 1. The molecule has 2 aliphatic rings. The molecule has 3 aromatic rings. The molecule has 1 saturated heterocycles. The normalized spacial score (nSPS) is 17.9. The first-order valence-corrected chi connectivity index (χ1v) is 12.0. The van der Waals surface area contributed by atoms with E-state index in [9.17, 15) is 5.11 Å². The largest absolute Gasteiger partial charge is 0.387 e. The summed E-state index contributed by atoms with van der Waals surface area (Å²) in [6, 6.07) is 4.16. The van der Waals surface area contributed by atoms with Crippen molar-refractivity contribution < 1.29 is 5.11 Å². The summed E-state index contributed by atoms with van der Waals surface area (Å²) < 4.78 is 0. The number of hydrogen-bond donors (Lipinski definition) is 1. The maximum absolute atomic E-state index is 10.6. The number of pyridine rings is 2. The van der Waals surface area contributed by atoms with Crippen molar-refractivity contribution in [2.45, 2.75) is 59.5 Å². The number of aryl methyl sites for hydroxylation is 3. The first-order chi connectivity index (χ1) is 15.8. The Balaban J connectivity index is 1.42. The third-order valence-electron chi connectivity index (χ3n) is 7.22. The maximum Gasteiger partial charge on any atom is 0.153 e. The summed E-state index contributed by atoms with van der Waals surface area (Å²) in [7, 11) is 0. The standard InChI is InChI=1S/C26H30ClN5O/c1-15-11-19-12-26(13-21(19)29-14-15)6-9-32(10-7-26)25-24(18(4)33)31-23(17(3)30-25)20-5-8-28-16(2)22(20)27/h5,8,11,14,18,33H,6-7,9-10,12-13H2,1-4H3. The monoisotopic (exact) mass is 463 g/mol. The molecule has 1 atom stereocenters. The van der Waals surface area contributed by atoms with Gasteiger partial charge in [-0.25, -0.2) is 9.97 Å². The fourth-order valence-electron chi connectivity index (χ4n) is 5.36. The van der Waals surface area contributed by atoms with Gasteiger partial charge in [0.1, 0.15) is 5.69 Å². The number of aliphatic hydroxyl groups excluding tert-OH is 1. The molecular weight excluding hydrogens is 434 g/mol. The molecule has 5 rings (SSSR count). The molecule has 6 nitrogen and oxygen atoms in total. The van der Waals surface area contributed by atoms with Crippen LogP contribution in [-0.2, 0) is 12.8 Å². The lowest BCUT2D eigenvalue weighted by atomic mass is 9.76. The Bertz CT molecular complexity index is 1220. The molecule has 1 aliphatic carbocycles. The second kappa shape index (κ2) is 8.33. The minimum atomic E-state index is -0.729. The van der Waals surface area contributed by atoms with Gasteiger partial charge in [0.05, 0.1) is 28.2 Å². The lowest BCUT2D eigenvalue weighted by Crippen LogP contribution is -2.41. The van der Waals surface area contributed by atoms with Gasteiger partial charge in [-0.05, 0) is 76.0 Å². The van der Waals surface area contributed by atoms with Crippen LogP contribution in [-0.4, -0.2) is 38.1 Å². The number of rotatable bonds is 3. The molecule has 0 saturated carbocycles. The lowest BCUT2D eigenvalue weighted by Gasteiger charge is -2.40. The highest BCUT2D eigenvalue weighted by molar-refractivity contribution is 6.33. The van der Waals surface area contributed by atoms with E-state index in [-0.39, 0.29) is 5.41 Å². The Labute approximate surface area is 200 Å². The number of aliphatic hydroxyl groups is 1.